The molecule has 2 aromatic heterocycles. The number of carbonyl (C=O) groups excluding carboxylic acids is 1. The van der Waals surface area contributed by atoms with Crippen LogP contribution in [-0.2, 0) is 24.4 Å². The van der Waals surface area contributed by atoms with Crippen molar-refractivity contribution in [1.82, 2.24) is 25.5 Å². The molecule has 0 bridgehead atoms. The summed E-state index contributed by atoms with van der Waals surface area (Å²) in [5.41, 5.74) is 8.73. The van der Waals surface area contributed by atoms with Crippen molar-refractivity contribution in [1.29, 1.82) is 0 Å². The third-order valence-corrected chi connectivity index (χ3v) is 9.42. The first-order chi connectivity index (χ1) is 21.5. The largest absolute Gasteiger partial charge is 0.481 e. The van der Waals surface area contributed by atoms with Crippen LogP contribution in [0.4, 0.5) is 0 Å². The molecule has 2 aliphatic heterocycles. The van der Waals surface area contributed by atoms with Crippen LogP contribution >= 0.6 is 23.2 Å². The summed E-state index contributed by atoms with van der Waals surface area (Å²) in [6.07, 6.45) is 1.44. The van der Waals surface area contributed by atoms with Gasteiger partial charge in [0.15, 0.2) is 0 Å². The highest BCUT2D eigenvalue weighted by atomic mass is 35.5. The molecule has 7 nitrogen and oxygen atoms in total. The minimum Gasteiger partial charge on any atom is -0.481 e. The molecule has 0 radical (unpaired) electrons. The Balaban J connectivity index is 1.17. The second-order valence-electron chi connectivity index (χ2n) is 11.4. The average Bonchev–Trinajstić information content (AvgIpc) is 3.64. The van der Waals surface area contributed by atoms with Gasteiger partial charge in [0.25, 0.3) is 0 Å². The second-order valence-corrected chi connectivity index (χ2v) is 12.1. The van der Waals surface area contributed by atoms with Gasteiger partial charge in [-0.05, 0) is 36.2 Å². The fourth-order valence-corrected chi connectivity index (χ4v) is 7.02. The van der Waals surface area contributed by atoms with E-state index < -0.39 is 0 Å². The fraction of sp³-hybridized carbons (Fsp3) is 0.257. The molecule has 5 aromatic rings. The highest BCUT2D eigenvalue weighted by Crippen LogP contribution is 2.43. The Hall–Kier alpha value is -3.88. The molecule has 4 heterocycles. The Morgan fingerprint density at radius 3 is 2.52 bits per heavy atom. The smallest absolute Gasteiger partial charge is 0.220 e. The van der Waals surface area contributed by atoms with Gasteiger partial charge in [-0.3, -0.25) is 4.79 Å². The van der Waals surface area contributed by atoms with Gasteiger partial charge in [0.05, 0.1) is 22.8 Å². The first-order valence-corrected chi connectivity index (χ1v) is 15.7. The zero-order chi connectivity index (χ0) is 30.2. The minimum atomic E-state index is 0.113. The predicted octanol–water partition coefficient (Wildman–Crippen LogP) is 6.82. The van der Waals surface area contributed by atoms with Crippen molar-refractivity contribution in [2.45, 2.75) is 38.5 Å². The van der Waals surface area contributed by atoms with Gasteiger partial charge in [-0.2, -0.15) is 0 Å². The quantitative estimate of drug-likeness (QED) is 0.176. The van der Waals surface area contributed by atoms with Gasteiger partial charge in [0.1, 0.15) is 0 Å². The number of carbonyl (C=O) groups is 1. The number of nitrogens with zero attached hydrogens (tertiary/aromatic N) is 2. The third kappa shape index (κ3) is 5.46. The normalized spacial score (nSPS) is 16.2. The van der Waals surface area contributed by atoms with E-state index in [1.807, 2.05) is 42.5 Å². The van der Waals surface area contributed by atoms with E-state index in [1.54, 1.807) is 7.11 Å². The number of methoxy groups -OCH3 is 1. The van der Waals surface area contributed by atoms with Crippen LogP contribution in [0, 0.1) is 0 Å². The maximum absolute atomic E-state index is 11.5. The number of rotatable bonds is 8. The molecule has 1 atom stereocenters. The van der Waals surface area contributed by atoms with Crippen molar-refractivity contribution in [3.63, 3.8) is 0 Å². The van der Waals surface area contributed by atoms with Crippen LogP contribution in [0.15, 0.2) is 72.8 Å². The Morgan fingerprint density at radius 1 is 0.977 bits per heavy atom. The van der Waals surface area contributed by atoms with E-state index in [0.29, 0.717) is 41.1 Å². The Bertz CT molecular complexity index is 1890. The van der Waals surface area contributed by atoms with Crippen LogP contribution in [0.5, 0.6) is 5.88 Å². The van der Waals surface area contributed by atoms with Gasteiger partial charge < -0.3 is 25.3 Å². The molecular weight excluding hydrogens is 593 g/mol. The van der Waals surface area contributed by atoms with Gasteiger partial charge in [0, 0.05) is 89.6 Å². The number of benzene rings is 3. The van der Waals surface area contributed by atoms with Gasteiger partial charge in [0.2, 0.25) is 11.8 Å². The topological polar surface area (TPSA) is 80.2 Å². The highest BCUT2D eigenvalue weighted by Gasteiger charge is 2.21. The predicted molar refractivity (Wildman–Crippen MR) is 177 cm³/mol. The molecule has 0 saturated carbocycles. The van der Waals surface area contributed by atoms with Gasteiger partial charge >= 0.3 is 0 Å². The molecule has 0 spiro atoms. The Morgan fingerprint density at radius 2 is 1.75 bits per heavy atom. The number of halogens is 2. The monoisotopic (exact) mass is 625 g/mol. The molecular formula is C35H33Cl2N5O2. The number of hydrogen-bond acceptors (Lipinski definition) is 5. The summed E-state index contributed by atoms with van der Waals surface area (Å²) in [6.45, 7) is 4.12. The maximum Gasteiger partial charge on any atom is 0.220 e. The average molecular weight is 627 g/mol. The summed E-state index contributed by atoms with van der Waals surface area (Å²) in [5.74, 6) is 0.646. The molecule has 1 fully saturated rings. The van der Waals surface area contributed by atoms with Crippen LogP contribution < -0.4 is 20.7 Å². The van der Waals surface area contributed by atoms with Crippen molar-refractivity contribution in [3.8, 4) is 39.4 Å². The summed E-state index contributed by atoms with van der Waals surface area (Å²) in [6, 6.07) is 25.0. The van der Waals surface area contributed by atoms with Crippen molar-refractivity contribution in [3.05, 3.63) is 94.1 Å². The summed E-state index contributed by atoms with van der Waals surface area (Å²) < 4.78 is 8.04. The Labute approximate surface area is 266 Å². The summed E-state index contributed by atoms with van der Waals surface area (Å²) >= 11 is 14.2. The van der Waals surface area contributed by atoms with E-state index in [0.717, 1.165) is 59.4 Å². The van der Waals surface area contributed by atoms with E-state index >= 15 is 0 Å². The second kappa shape index (κ2) is 12.3. The molecule has 2 aliphatic rings. The number of hydrogen-bond donors (Lipinski definition) is 3. The fourth-order valence-electron chi connectivity index (χ4n) is 6.36. The van der Waals surface area contributed by atoms with E-state index in [2.05, 4.69) is 50.8 Å². The first kappa shape index (κ1) is 28.9. The summed E-state index contributed by atoms with van der Waals surface area (Å²) in [5, 5.41) is 12.3. The van der Waals surface area contributed by atoms with Crippen LogP contribution in [0.1, 0.15) is 24.1 Å². The van der Waals surface area contributed by atoms with Crippen molar-refractivity contribution in [2.24, 2.45) is 0 Å². The van der Waals surface area contributed by atoms with Crippen LogP contribution in [0.25, 0.3) is 44.4 Å². The standard InChI is InChI=1S/C35H33Cl2N5O2/c1-44-35-22(18-39-19-24-10-13-32(43)40-24)8-11-30(41-35)29-7-3-6-28(34(29)37)27-5-2-4-26(33(27)36)21-9-12-31-23(16-21)17-25-20-38-14-15-42(25)31/h2-9,11-12,16-17,24,38-39H,10,13-15,18-20H2,1H3,(H,40,43)/t24-/m0/s1. The highest BCUT2D eigenvalue weighted by molar-refractivity contribution is 6.39. The van der Waals surface area contributed by atoms with Crippen molar-refractivity contribution in [2.75, 3.05) is 20.2 Å². The van der Waals surface area contributed by atoms with Crippen LogP contribution in [0.3, 0.4) is 0 Å². The molecule has 224 valence electrons. The zero-order valence-electron chi connectivity index (χ0n) is 24.4. The number of pyridine rings is 1. The molecule has 44 heavy (non-hydrogen) atoms. The number of amides is 1. The SMILES string of the molecule is COc1nc(-c2cccc(-c3cccc(-c4ccc5c(c4)cc4n5CCNC4)c3Cl)c2Cl)ccc1CNC[C@@H]1CCC(=O)N1. The lowest BCUT2D eigenvalue weighted by Crippen LogP contribution is -2.35. The van der Waals surface area contributed by atoms with Gasteiger partial charge in [-0.15, -0.1) is 0 Å². The molecule has 1 amide bonds. The summed E-state index contributed by atoms with van der Waals surface area (Å²) in [4.78, 5) is 16.3. The number of ether oxygens (including phenoxy) is 1. The van der Waals surface area contributed by atoms with Crippen LogP contribution in [0.2, 0.25) is 10.0 Å². The molecule has 0 unspecified atom stereocenters. The lowest BCUT2D eigenvalue weighted by molar-refractivity contribution is -0.119. The van der Waals surface area contributed by atoms with E-state index in [-0.39, 0.29) is 11.9 Å². The number of aromatic nitrogens is 2. The minimum absolute atomic E-state index is 0.113. The lowest BCUT2D eigenvalue weighted by Gasteiger charge is -2.17. The summed E-state index contributed by atoms with van der Waals surface area (Å²) in [7, 11) is 1.62. The lowest BCUT2D eigenvalue weighted by atomic mass is 9.96. The van der Waals surface area contributed by atoms with Gasteiger partial charge in [-0.1, -0.05) is 71.7 Å². The molecule has 3 N–H and O–H groups in total. The van der Waals surface area contributed by atoms with E-state index in [9.17, 15) is 4.79 Å². The van der Waals surface area contributed by atoms with E-state index in [1.165, 1.54) is 16.6 Å². The van der Waals surface area contributed by atoms with Gasteiger partial charge in [-0.25, -0.2) is 4.98 Å². The number of nitrogens with one attached hydrogen (secondary N) is 3. The molecule has 1 saturated heterocycles. The maximum atomic E-state index is 11.5. The van der Waals surface area contributed by atoms with Crippen molar-refractivity contribution >= 4 is 40.0 Å². The molecule has 9 heteroatoms. The molecule has 7 rings (SSSR count). The first-order valence-electron chi connectivity index (χ1n) is 14.9. The van der Waals surface area contributed by atoms with Crippen molar-refractivity contribution < 1.29 is 9.53 Å². The number of fused-ring (bicyclic) bond motifs is 3. The molecule has 3 aromatic carbocycles. The zero-order valence-corrected chi connectivity index (χ0v) is 25.9. The Kier molecular flexibility index (Phi) is 8.04. The molecule has 0 aliphatic carbocycles. The van der Waals surface area contributed by atoms with E-state index in [4.69, 9.17) is 32.9 Å². The van der Waals surface area contributed by atoms with Crippen LogP contribution in [-0.4, -0.2) is 41.7 Å². The third-order valence-electron chi connectivity index (χ3n) is 8.60.